The Morgan fingerprint density at radius 1 is 1.33 bits per heavy atom. The van der Waals surface area contributed by atoms with Crippen LogP contribution in [0.4, 0.5) is 0 Å². The van der Waals surface area contributed by atoms with E-state index >= 15 is 0 Å². The molecule has 1 N–H and O–H groups in total. The maximum Gasteiger partial charge on any atom is 0.0422 e. The van der Waals surface area contributed by atoms with Gasteiger partial charge >= 0.3 is 0 Å². The molecule has 0 aliphatic carbocycles. The summed E-state index contributed by atoms with van der Waals surface area (Å²) >= 11 is 9.52. The van der Waals surface area contributed by atoms with Crippen LogP contribution in [-0.2, 0) is 6.42 Å². The van der Waals surface area contributed by atoms with Gasteiger partial charge in [0.25, 0.3) is 0 Å². The smallest absolute Gasteiger partial charge is 0.0422 e. The Kier molecular flexibility index (Phi) is 4.75. The average Bonchev–Trinajstić information content (AvgIpc) is 2.38. The van der Waals surface area contributed by atoms with Crippen molar-refractivity contribution < 1.29 is 0 Å². The minimum Gasteiger partial charge on any atom is -0.313 e. The molecule has 2 aromatic rings. The number of nitrogens with one attached hydrogen (secondary N) is 1. The Balaban J connectivity index is 2.23. The van der Waals surface area contributed by atoms with Crippen LogP contribution in [-0.4, -0.2) is 12.0 Å². The molecule has 1 atom stereocenters. The maximum absolute atomic E-state index is 5.96. The lowest BCUT2D eigenvalue weighted by Crippen LogP contribution is -2.19. The third kappa shape index (κ3) is 3.31. The molecule has 0 aliphatic rings. The third-order valence-corrected chi connectivity index (χ3v) is 3.75. The molecule has 2 rings (SSSR count). The summed E-state index contributed by atoms with van der Waals surface area (Å²) in [6, 6.07) is 12.0. The molecule has 0 spiro atoms. The van der Waals surface area contributed by atoms with Crippen molar-refractivity contribution in [2.45, 2.75) is 12.5 Å². The van der Waals surface area contributed by atoms with E-state index in [1.54, 1.807) is 0 Å². The minimum absolute atomic E-state index is 0.214. The topological polar surface area (TPSA) is 24.9 Å². The predicted octanol–water partition coefficient (Wildman–Crippen LogP) is 4.00. The lowest BCUT2D eigenvalue weighted by molar-refractivity contribution is 0.582. The molecule has 0 saturated carbocycles. The van der Waals surface area contributed by atoms with Gasteiger partial charge in [0, 0.05) is 33.8 Å². The van der Waals surface area contributed by atoms with Crippen molar-refractivity contribution in [1.29, 1.82) is 0 Å². The summed E-state index contributed by atoms with van der Waals surface area (Å²) in [6.07, 6.45) is 2.66. The molecule has 1 unspecified atom stereocenters. The van der Waals surface area contributed by atoms with Crippen LogP contribution in [0.5, 0.6) is 0 Å². The SMILES string of the molecule is CNC(Cc1ccccn1)c1ccc(Cl)cc1Br. The summed E-state index contributed by atoms with van der Waals surface area (Å²) in [5.74, 6) is 0. The lowest BCUT2D eigenvalue weighted by Gasteiger charge is -2.18. The first-order valence-electron chi connectivity index (χ1n) is 5.73. The molecule has 0 bridgehead atoms. The Morgan fingerprint density at radius 3 is 2.78 bits per heavy atom. The Morgan fingerprint density at radius 2 is 2.17 bits per heavy atom. The van der Waals surface area contributed by atoms with Gasteiger partial charge in [0.05, 0.1) is 0 Å². The summed E-state index contributed by atoms with van der Waals surface area (Å²) < 4.78 is 1.02. The monoisotopic (exact) mass is 324 g/mol. The Labute approximate surface area is 121 Å². The molecule has 2 nitrogen and oxygen atoms in total. The number of halogens is 2. The fourth-order valence-electron chi connectivity index (χ4n) is 1.88. The zero-order valence-corrected chi connectivity index (χ0v) is 12.4. The quantitative estimate of drug-likeness (QED) is 0.919. The zero-order chi connectivity index (χ0) is 13.0. The number of aromatic nitrogens is 1. The lowest BCUT2D eigenvalue weighted by atomic mass is 10.0. The van der Waals surface area contributed by atoms with E-state index in [-0.39, 0.29) is 6.04 Å². The number of nitrogens with zero attached hydrogens (tertiary/aromatic N) is 1. The van der Waals surface area contributed by atoms with E-state index in [0.29, 0.717) is 0 Å². The Bertz CT molecular complexity index is 516. The zero-order valence-electron chi connectivity index (χ0n) is 10.0. The second kappa shape index (κ2) is 6.32. The van der Waals surface area contributed by atoms with E-state index in [4.69, 9.17) is 11.6 Å². The fraction of sp³-hybridized carbons (Fsp3) is 0.214. The first-order chi connectivity index (χ1) is 8.70. The number of pyridine rings is 1. The van der Waals surface area contributed by atoms with Crippen molar-refractivity contribution in [2.24, 2.45) is 0 Å². The summed E-state index contributed by atoms with van der Waals surface area (Å²) in [4.78, 5) is 4.36. The van der Waals surface area contributed by atoms with Crippen molar-refractivity contribution in [1.82, 2.24) is 10.3 Å². The highest BCUT2D eigenvalue weighted by molar-refractivity contribution is 9.10. The molecule has 0 saturated heterocycles. The van der Waals surface area contributed by atoms with Crippen molar-refractivity contribution in [3.05, 3.63) is 63.3 Å². The summed E-state index contributed by atoms with van der Waals surface area (Å²) in [6.45, 7) is 0. The third-order valence-electron chi connectivity index (χ3n) is 2.83. The molecular weight excluding hydrogens is 312 g/mol. The van der Waals surface area contributed by atoms with Crippen LogP contribution in [0, 0.1) is 0 Å². The van der Waals surface area contributed by atoms with Gasteiger partial charge in [0.15, 0.2) is 0 Å². The van der Waals surface area contributed by atoms with Gasteiger partial charge in [-0.05, 0) is 36.9 Å². The van der Waals surface area contributed by atoms with Crippen LogP contribution in [0.2, 0.25) is 5.02 Å². The molecule has 4 heteroatoms. The standard InChI is InChI=1S/C14H14BrClN2/c1-17-14(9-11-4-2-3-7-18-11)12-6-5-10(16)8-13(12)15/h2-8,14,17H,9H2,1H3. The molecular formula is C14H14BrClN2. The molecule has 94 valence electrons. The van der Waals surface area contributed by atoms with Gasteiger partial charge in [0.2, 0.25) is 0 Å². The number of likely N-dealkylation sites (N-methyl/N-ethyl adjacent to an activating group) is 1. The molecule has 18 heavy (non-hydrogen) atoms. The van der Waals surface area contributed by atoms with Gasteiger partial charge in [-0.25, -0.2) is 0 Å². The van der Waals surface area contributed by atoms with Crippen LogP contribution < -0.4 is 5.32 Å². The van der Waals surface area contributed by atoms with Gasteiger partial charge in [0.1, 0.15) is 0 Å². The van der Waals surface area contributed by atoms with Gasteiger partial charge in [-0.2, -0.15) is 0 Å². The van der Waals surface area contributed by atoms with Crippen LogP contribution in [0.15, 0.2) is 47.1 Å². The first-order valence-corrected chi connectivity index (χ1v) is 6.90. The predicted molar refractivity (Wildman–Crippen MR) is 78.9 cm³/mol. The largest absolute Gasteiger partial charge is 0.313 e. The molecule has 1 aromatic carbocycles. The van der Waals surface area contributed by atoms with Gasteiger partial charge in [-0.15, -0.1) is 0 Å². The average molecular weight is 326 g/mol. The van der Waals surface area contributed by atoms with E-state index < -0.39 is 0 Å². The van der Waals surface area contributed by atoms with Crippen LogP contribution in [0.3, 0.4) is 0 Å². The maximum atomic E-state index is 5.96. The minimum atomic E-state index is 0.214. The summed E-state index contributed by atoms with van der Waals surface area (Å²) in [7, 11) is 1.95. The Hall–Kier alpha value is -0.900. The van der Waals surface area contributed by atoms with E-state index in [2.05, 4.69) is 26.2 Å². The van der Waals surface area contributed by atoms with E-state index in [0.717, 1.165) is 21.6 Å². The molecule has 0 radical (unpaired) electrons. The summed E-state index contributed by atoms with van der Waals surface area (Å²) in [5, 5.41) is 4.05. The molecule has 0 aliphatic heterocycles. The second-order valence-corrected chi connectivity index (χ2v) is 5.32. The fourth-order valence-corrected chi connectivity index (χ4v) is 2.84. The van der Waals surface area contributed by atoms with Crippen molar-refractivity contribution >= 4 is 27.5 Å². The molecule has 1 heterocycles. The van der Waals surface area contributed by atoms with E-state index in [1.807, 2.05) is 49.6 Å². The number of benzene rings is 1. The highest BCUT2D eigenvalue weighted by Gasteiger charge is 2.14. The highest BCUT2D eigenvalue weighted by atomic mass is 79.9. The number of hydrogen-bond donors (Lipinski definition) is 1. The van der Waals surface area contributed by atoms with Crippen molar-refractivity contribution in [3.63, 3.8) is 0 Å². The molecule has 0 fully saturated rings. The van der Waals surface area contributed by atoms with Crippen molar-refractivity contribution in [3.8, 4) is 0 Å². The molecule has 1 aromatic heterocycles. The van der Waals surface area contributed by atoms with Crippen molar-refractivity contribution in [2.75, 3.05) is 7.05 Å². The highest BCUT2D eigenvalue weighted by Crippen LogP contribution is 2.28. The van der Waals surface area contributed by atoms with Gasteiger partial charge < -0.3 is 5.32 Å². The molecule has 0 amide bonds. The van der Waals surface area contributed by atoms with Gasteiger partial charge in [-0.3, -0.25) is 4.98 Å². The van der Waals surface area contributed by atoms with Crippen LogP contribution >= 0.6 is 27.5 Å². The first kappa shape index (κ1) is 13.5. The second-order valence-electron chi connectivity index (χ2n) is 4.03. The van der Waals surface area contributed by atoms with Gasteiger partial charge in [-0.1, -0.05) is 39.7 Å². The normalized spacial score (nSPS) is 12.4. The van der Waals surface area contributed by atoms with E-state index in [1.165, 1.54) is 5.56 Å². The number of rotatable bonds is 4. The summed E-state index contributed by atoms with van der Waals surface area (Å²) in [5.41, 5.74) is 2.26. The van der Waals surface area contributed by atoms with Crippen LogP contribution in [0.25, 0.3) is 0 Å². The number of hydrogen-bond acceptors (Lipinski definition) is 2. The van der Waals surface area contributed by atoms with E-state index in [9.17, 15) is 0 Å². The van der Waals surface area contributed by atoms with Crippen LogP contribution in [0.1, 0.15) is 17.3 Å².